The third-order valence-corrected chi connectivity index (χ3v) is 3.82. The molecule has 2 aromatic heterocycles. The molecule has 4 nitrogen and oxygen atoms in total. The van der Waals surface area contributed by atoms with Crippen LogP contribution in [0.3, 0.4) is 0 Å². The first-order valence-electron chi connectivity index (χ1n) is 8.03. The van der Waals surface area contributed by atoms with Crippen molar-refractivity contribution in [1.29, 1.82) is 0 Å². The lowest BCUT2D eigenvalue weighted by molar-refractivity contribution is 0.0495. The number of aromatic nitrogens is 1. The van der Waals surface area contributed by atoms with Crippen molar-refractivity contribution in [2.45, 2.75) is 46.6 Å². The second-order valence-electron chi connectivity index (χ2n) is 5.36. The van der Waals surface area contributed by atoms with Crippen LogP contribution in [0.15, 0.2) is 24.4 Å². The molecular weight excluding hydrogens is 278 g/mol. The molecule has 2 aromatic rings. The molecule has 1 unspecified atom stereocenters. The average Bonchev–Trinajstić information content (AvgIpc) is 2.98. The molecule has 2 rings (SSSR count). The lowest BCUT2D eigenvalue weighted by atomic mass is 10.0. The number of nitrogens with zero attached hydrogens (tertiary/aromatic N) is 1. The van der Waals surface area contributed by atoms with Gasteiger partial charge in [0.2, 0.25) is 0 Å². The van der Waals surface area contributed by atoms with Gasteiger partial charge in [-0.15, -0.1) is 0 Å². The summed E-state index contributed by atoms with van der Waals surface area (Å²) in [7, 11) is 0. The van der Waals surface area contributed by atoms with E-state index >= 15 is 0 Å². The van der Waals surface area contributed by atoms with E-state index < -0.39 is 0 Å². The Balaban J connectivity index is 2.55. The Kier molecular flexibility index (Phi) is 5.61. The zero-order chi connectivity index (χ0) is 16.1. The van der Waals surface area contributed by atoms with Crippen LogP contribution in [-0.2, 0) is 9.47 Å². The van der Waals surface area contributed by atoms with Crippen LogP contribution in [0.5, 0.6) is 0 Å². The molecule has 120 valence electrons. The summed E-state index contributed by atoms with van der Waals surface area (Å²) < 4.78 is 13.3. The van der Waals surface area contributed by atoms with Crippen LogP contribution in [0.4, 0.5) is 0 Å². The number of hydrogen-bond donors (Lipinski definition) is 0. The molecule has 0 saturated carbocycles. The van der Waals surface area contributed by atoms with Crippen LogP contribution in [-0.4, -0.2) is 23.6 Å². The number of carbonyl (C=O) groups is 1. The zero-order valence-corrected chi connectivity index (χ0v) is 13.9. The van der Waals surface area contributed by atoms with Gasteiger partial charge in [0.15, 0.2) is 0 Å². The Labute approximate surface area is 132 Å². The molecule has 0 amide bonds. The lowest BCUT2D eigenvalue weighted by Crippen LogP contribution is -2.15. The normalized spacial score (nSPS) is 12.5. The maximum atomic E-state index is 12.3. The van der Waals surface area contributed by atoms with Gasteiger partial charge < -0.3 is 13.9 Å². The summed E-state index contributed by atoms with van der Waals surface area (Å²) in [5.74, 6) is -0.254. The Morgan fingerprint density at radius 2 is 2.09 bits per heavy atom. The molecule has 4 heteroatoms. The van der Waals surface area contributed by atoms with Crippen LogP contribution >= 0.6 is 0 Å². The van der Waals surface area contributed by atoms with Gasteiger partial charge in [-0.3, -0.25) is 0 Å². The lowest BCUT2D eigenvalue weighted by Gasteiger charge is -2.21. The predicted molar refractivity (Wildman–Crippen MR) is 87.4 cm³/mol. The molecule has 0 aromatic carbocycles. The number of ether oxygens (including phenoxy) is 2. The van der Waals surface area contributed by atoms with E-state index in [0.29, 0.717) is 18.8 Å². The highest BCUT2D eigenvalue weighted by Gasteiger charge is 2.22. The van der Waals surface area contributed by atoms with Gasteiger partial charge in [-0.25, -0.2) is 4.79 Å². The van der Waals surface area contributed by atoms with Crippen molar-refractivity contribution in [2.24, 2.45) is 0 Å². The molecule has 2 heterocycles. The van der Waals surface area contributed by atoms with E-state index in [4.69, 9.17) is 9.47 Å². The summed E-state index contributed by atoms with van der Waals surface area (Å²) in [5.41, 5.74) is 3.59. The van der Waals surface area contributed by atoms with Gasteiger partial charge in [0.05, 0.1) is 24.0 Å². The minimum Gasteiger partial charge on any atom is -0.462 e. The van der Waals surface area contributed by atoms with E-state index in [9.17, 15) is 4.79 Å². The summed E-state index contributed by atoms with van der Waals surface area (Å²) >= 11 is 0. The number of pyridine rings is 1. The van der Waals surface area contributed by atoms with Crippen molar-refractivity contribution >= 4 is 11.5 Å². The summed E-state index contributed by atoms with van der Waals surface area (Å²) in [4.78, 5) is 12.3. The monoisotopic (exact) mass is 303 g/mol. The van der Waals surface area contributed by atoms with Crippen LogP contribution < -0.4 is 0 Å². The molecule has 1 atom stereocenters. The topological polar surface area (TPSA) is 39.9 Å². The van der Waals surface area contributed by atoms with Crippen LogP contribution in [0, 0.1) is 6.92 Å². The van der Waals surface area contributed by atoms with Crippen molar-refractivity contribution < 1.29 is 14.3 Å². The SMILES string of the molecule is CCCOC(=O)c1cc2cccn2c(C(CC)OCC)c1C. The number of esters is 1. The molecule has 0 spiro atoms. The van der Waals surface area contributed by atoms with Crippen LogP contribution in [0.1, 0.15) is 61.3 Å². The summed E-state index contributed by atoms with van der Waals surface area (Å²) in [5, 5.41) is 0. The van der Waals surface area contributed by atoms with Gasteiger partial charge in [0, 0.05) is 18.3 Å². The second-order valence-corrected chi connectivity index (χ2v) is 5.36. The van der Waals surface area contributed by atoms with Crippen molar-refractivity contribution in [1.82, 2.24) is 4.40 Å². The van der Waals surface area contributed by atoms with E-state index in [0.717, 1.165) is 29.6 Å². The zero-order valence-electron chi connectivity index (χ0n) is 13.9. The molecular formula is C18H25NO3. The van der Waals surface area contributed by atoms with Crippen LogP contribution in [0.25, 0.3) is 5.52 Å². The Morgan fingerprint density at radius 1 is 1.32 bits per heavy atom. The number of hydrogen-bond acceptors (Lipinski definition) is 3. The van der Waals surface area contributed by atoms with E-state index in [1.165, 1.54) is 0 Å². The molecule has 22 heavy (non-hydrogen) atoms. The molecule has 0 aliphatic rings. The first kappa shape index (κ1) is 16.6. The van der Waals surface area contributed by atoms with Crippen molar-refractivity contribution in [3.8, 4) is 0 Å². The summed E-state index contributed by atoms with van der Waals surface area (Å²) in [6.45, 7) is 9.14. The molecule has 0 saturated heterocycles. The number of rotatable bonds is 7. The highest BCUT2D eigenvalue weighted by Crippen LogP contribution is 2.29. The van der Waals surface area contributed by atoms with Gasteiger partial charge in [-0.1, -0.05) is 13.8 Å². The van der Waals surface area contributed by atoms with Crippen LogP contribution in [0.2, 0.25) is 0 Å². The summed E-state index contributed by atoms with van der Waals surface area (Å²) in [6, 6.07) is 5.88. The van der Waals surface area contributed by atoms with E-state index in [1.807, 2.05) is 45.2 Å². The second kappa shape index (κ2) is 7.45. The third kappa shape index (κ3) is 3.17. The van der Waals surface area contributed by atoms with E-state index in [-0.39, 0.29) is 12.1 Å². The fraction of sp³-hybridized carbons (Fsp3) is 0.500. The Bertz CT molecular complexity index is 645. The first-order chi connectivity index (χ1) is 10.6. The minimum absolute atomic E-state index is 0.0289. The Morgan fingerprint density at radius 3 is 2.73 bits per heavy atom. The van der Waals surface area contributed by atoms with Crippen molar-refractivity contribution in [3.05, 3.63) is 41.2 Å². The highest BCUT2D eigenvalue weighted by molar-refractivity contribution is 5.92. The molecule has 0 aliphatic heterocycles. The molecule has 0 fully saturated rings. The van der Waals surface area contributed by atoms with E-state index in [1.54, 1.807) is 0 Å². The van der Waals surface area contributed by atoms with E-state index in [2.05, 4.69) is 11.3 Å². The minimum atomic E-state index is -0.254. The number of fused-ring (bicyclic) bond motifs is 1. The van der Waals surface area contributed by atoms with Gasteiger partial charge in [-0.2, -0.15) is 0 Å². The maximum absolute atomic E-state index is 12.3. The third-order valence-electron chi connectivity index (χ3n) is 3.82. The fourth-order valence-corrected chi connectivity index (χ4v) is 2.78. The fourth-order valence-electron chi connectivity index (χ4n) is 2.78. The Hall–Kier alpha value is -1.81. The number of carbonyl (C=O) groups excluding carboxylic acids is 1. The molecule has 0 N–H and O–H groups in total. The quantitative estimate of drug-likeness (QED) is 0.716. The summed E-state index contributed by atoms with van der Waals surface area (Å²) in [6.07, 6.45) is 3.66. The standard InChI is InChI=1S/C18H25NO3/c1-5-11-22-18(20)15-12-14-9-8-10-19(14)17(13(15)4)16(6-2)21-7-3/h8-10,12,16H,5-7,11H2,1-4H3. The highest BCUT2D eigenvalue weighted by atomic mass is 16.5. The van der Waals surface area contributed by atoms with Gasteiger partial charge >= 0.3 is 5.97 Å². The smallest absolute Gasteiger partial charge is 0.338 e. The molecule has 0 bridgehead atoms. The molecule has 0 radical (unpaired) electrons. The van der Waals surface area contributed by atoms with Gasteiger partial charge in [-0.05, 0) is 50.5 Å². The largest absolute Gasteiger partial charge is 0.462 e. The maximum Gasteiger partial charge on any atom is 0.338 e. The van der Waals surface area contributed by atoms with Crippen molar-refractivity contribution in [3.63, 3.8) is 0 Å². The average molecular weight is 303 g/mol. The first-order valence-corrected chi connectivity index (χ1v) is 8.03. The van der Waals surface area contributed by atoms with Gasteiger partial charge in [0.1, 0.15) is 0 Å². The van der Waals surface area contributed by atoms with Gasteiger partial charge in [0.25, 0.3) is 0 Å². The predicted octanol–water partition coefficient (Wildman–Crippen LogP) is 4.30. The molecule has 0 aliphatic carbocycles. The van der Waals surface area contributed by atoms with Crippen molar-refractivity contribution in [2.75, 3.05) is 13.2 Å².